The van der Waals surface area contributed by atoms with Crippen LogP contribution >= 0.6 is 0 Å². The number of hydrogen-bond donors (Lipinski definition) is 0. The summed E-state index contributed by atoms with van der Waals surface area (Å²) < 4.78 is 0. The van der Waals surface area contributed by atoms with E-state index in [1.54, 1.807) is 0 Å². The van der Waals surface area contributed by atoms with Crippen LogP contribution in [-0.4, -0.2) is 0 Å². The Kier molecular flexibility index (Phi) is 17.6. The van der Waals surface area contributed by atoms with Crippen molar-refractivity contribution in [1.29, 1.82) is 0 Å². The molecular formula is C18H28F2Ti. The van der Waals surface area contributed by atoms with Crippen LogP contribution in [0.15, 0.2) is 35.5 Å². The summed E-state index contributed by atoms with van der Waals surface area (Å²) in [6.07, 6.45) is 19.7. The molecule has 118 valence electrons. The third-order valence-electron chi connectivity index (χ3n) is 2.79. The molecular weight excluding hydrogens is 302 g/mol. The Balaban J connectivity index is -0.000000270. The molecule has 0 bridgehead atoms. The summed E-state index contributed by atoms with van der Waals surface area (Å²) in [7, 11) is 0. The van der Waals surface area contributed by atoms with Crippen molar-refractivity contribution in [2.45, 2.75) is 53.4 Å². The van der Waals surface area contributed by atoms with Gasteiger partial charge in [0.15, 0.2) is 0 Å². The van der Waals surface area contributed by atoms with Crippen LogP contribution in [0.4, 0.5) is 9.41 Å². The fourth-order valence-corrected chi connectivity index (χ4v) is 2.06. The van der Waals surface area contributed by atoms with Crippen molar-refractivity contribution in [3.63, 3.8) is 0 Å². The predicted octanol–water partition coefficient (Wildman–Crippen LogP) is 5.75. The van der Waals surface area contributed by atoms with Crippen LogP contribution in [0, 0.1) is 24.0 Å². The van der Waals surface area contributed by atoms with Crippen molar-refractivity contribution in [3.8, 4) is 0 Å². The molecule has 0 saturated heterocycles. The molecule has 2 aliphatic carbocycles. The van der Waals surface area contributed by atoms with E-state index in [1.807, 2.05) is 0 Å². The van der Waals surface area contributed by atoms with E-state index in [-0.39, 0.29) is 31.1 Å². The van der Waals surface area contributed by atoms with Crippen molar-refractivity contribution in [2.75, 3.05) is 0 Å². The molecule has 0 unspecified atom stereocenters. The number of rotatable bonds is 4. The Labute approximate surface area is 144 Å². The number of halogens is 2. The summed E-state index contributed by atoms with van der Waals surface area (Å²) in [5.41, 5.74) is 2.79. The van der Waals surface area contributed by atoms with Gasteiger partial charge in [0.1, 0.15) is 0 Å². The van der Waals surface area contributed by atoms with Gasteiger partial charge in [0.2, 0.25) is 0 Å². The van der Waals surface area contributed by atoms with Gasteiger partial charge in [0.25, 0.3) is 0 Å². The van der Waals surface area contributed by atoms with Gasteiger partial charge < -0.3 is 0 Å². The summed E-state index contributed by atoms with van der Waals surface area (Å²) in [5.74, 6) is 1.55. The molecule has 21 heavy (non-hydrogen) atoms. The number of hydrogen-bond acceptors (Lipinski definition) is 0. The zero-order valence-corrected chi connectivity index (χ0v) is 15.2. The fourth-order valence-electron chi connectivity index (χ4n) is 2.06. The molecule has 0 aromatic rings. The first-order valence-electron chi connectivity index (χ1n) is 7.10. The summed E-state index contributed by atoms with van der Waals surface area (Å²) >= 11 is 0. The van der Waals surface area contributed by atoms with Gasteiger partial charge in [-0.25, -0.2) is 23.3 Å². The van der Waals surface area contributed by atoms with Crippen LogP contribution in [0.25, 0.3) is 0 Å². The van der Waals surface area contributed by atoms with E-state index < -0.39 is 0 Å². The Morgan fingerprint density at radius 3 is 1.33 bits per heavy atom. The minimum absolute atomic E-state index is 0. The van der Waals surface area contributed by atoms with Crippen molar-refractivity contribution >= 4 is 0 Å². The van der Waals surface area contributed by atoms with Crippen LogP contribution in [-0.2, 0) is 21.7 Å². The Morgan fingerprint density at radius 2 is 1.14 bits per heavy atom. The standard InChI is InChI=1S/2C9H13.2FH.Ti/c2*1-8(2)7-9-5-3-4-6-9;;;/h2*3,5,8H,4,7H2,1-2H3;2*1H;/q2*-1;;;+2. The second-order valence-corrected chi connectivity index (χ2v) is 5.81. The van der Waals surface area contributed by atoms with E-state index in [0.29, 0.717) is 0 Å². The van der Waals surface area contributed by atoms with E-state index in [2.05, 4.69) is 64.2 Å². The van der Waals surface area contributed by atoms with E-state index in [0.717, 1.165) is 24.7 Å². The van der Waals surface area contributed by atoms with E-state index in [9.17, 15) is 0 Å². The monoisotopic (exact) mass is 330 g/mol. The van der Waals surface area contributed by atoms with Gasteiger partial charge in [-0.2, -0.15) is 12.2 Å². The largest absolute Gasteiger partial charge is 2.00 e. The molecule has 0 N–H and O–H groups in total. The van der Waals surface area contributed by atoms with Crippen LogP contribution in [0.5, 0.6) is 0 Å². The fraction of sp³-hybridized carbons (Fsp3) is 0.556. The summed E-state index contributed by atoms with van der Waals surface area (Å²) in [5, 5.41) is 0. The molecule has 0 spiro atoms. The number of allylic oxidation sites excluding steroid dienone is 8. The molecule has 3 heteroatoms. The van der Waals surface area contributed by atoms with Gasteiger partial charge in [-0.05, 0) is 11.8 Å². The molecule has 0 aliphatic heterocycles. The minimum Gasteiger partial charge on any atom is -0.269 e. The second-order valence-electron chi connectivity index (χ2n) is 5.81. The Hall–Kier alpha value is -0.466. The summed E-state index contributed by atoms with van der Waals surface area (Å²) in [6.45, 7) is 8.95. The zero-order chi connectivity index (χ0) is 13.4. The topological polar surface area (TPSA) is 0 Å². The van der Waals surface area contributed by atoms with Gasteiger partial charge in [0, 0.05) is 0 Å². The third-order valence-corrected chi connectivity index (χ3v) is 2.79. The van der Waals surface area contributed by atoms with Crippen molar-refractivity contribution < 1.29 is 31.1 Å². The molecule has 0 heterocycles. The van der Waals surface area contributed by atoms with Gasteiger partial charge in [0.05, 0.1) is 0 Å². The molecule has 0 radical (unpaired) electrons. The normalized spacial score (nSPS) is 14.6. The third kappa shape index (κ3) is 13.0. The van der Waals surface area contributed by atoms with Gasteiger partial charge >= 0.3 is 21.7 Å². The predicted molar refractivity (Wildman–Crippen MR) is 84.9 cm³/mol. The van der Waals surface area contributed by atoms with Gasteiger partial charge in [-0.3, -0.25) is 21.6 Å². The van der Waals surface area contributed by atoms with Gasteiger partial charge in [-0.15, -0.1) is 12.8 Å². The zero-order valence-electron chi connectivity index (χ0n) is 13.6. The average Bonchev–Trinajstić information content (AvgIpc) is 2.90. The van der Waals surface area contributed by atoms with Gasteiger partial charge in [-0.1, -0.05) is 40.5 Å². The molecule has 0 aromatic heterocycles. The second kappa shape index (κ2) is 14.5. The van der Waals surface area contributed by atoms with Crippen LogP contribution in [0.3, 0.4) is 0 Å². The molecule has 2 aliphatic rings. The first-order chi connectivity index (χ1) is 8.58. The molecule has 0 fully saturated rings. The Morgan fingerprint density at radius 1 is 0.810 bits per heavy atom. The van der Waals surface area contributed by atoms with E-state index in [4.69, 9.17) is 0 Å². The van der Waals surface area contributed by atoms with Crippen LogP contribution in [0.2, 0.25) is 0 Å². The maximum atomic E-state index is 3.29. The maximum absolute atomic E-state index is 3.29. The quantitative estimate of drug-likeness (QED) is 0.455. The van der Waals surface area contributed by atoms with Crippen molar-refractivity contribution in [3.05, 3.63) is 47.6 Å². The molecule has 0 aromatic carbocycles. The average molecular weight is 330 g/mol. The van der Waals surface area contributed by atoms with E-state index in [1.165, 1.54) is 24.0 Å². The molecule has 0 nitrogen and oxygen atoms in total. The first-order valence-corrected chi connectivity index (χ1v) is 7.10. The van der Waals surface area contributed by atoms with Crippen molar-refractivity contribution in [2.24, 2.45) is 11.8 Å². The Bertz CT molecular complexity index is 327. The molecule has 0 atom stereocenters. The van der Waals surface area contributed by atoms with E-state index >= 15 is 0 Å². The minimum atomic E-state index is 0. The summed E-state index contributed by atoms with van der Waals surface area (Å²) in [4.78, 5) is 0. The van der Waals surface area contributed by atoms with Crippen molar-refractivity contribution in [1.82, 2.24) is 0 Å². The maximum Gasteiger partial charge on any atom is 2.00 e. The molecule has 0 amide bonds. The first kappa shape index (κ1) is 25.5. The molecule has 0 saturated carbocycles. The summed E-state index contributed by atoms with van der Waals surface area (Å²) in [6, 6.07) is 0. The molecule has 2 rings (SSSR count). The smallest absolute Gasteiger partial charge is 0.269 e. The SMILES string of the molecule is CC(C)CC1=[C-]CC=C1.CC(C)CC1=[C-]CC=C1.F.F.[Ti+2]. The van der Waals surface area contributed by atoms with Crippen LogP contribution < -0.4 is 0 Å². The van der Waals surface area contributed by atoms with Crippen LogP contribution in [0.1, 0.15) is 53.4 Å².